The fourth-order valence-electron chi connectivity index (χ4n) is 2.38. The lowest BCUT2D eigenvalue weighted by atomic mass is 10.2. The molecule has 1 atom stereocenters. The van der Waals surface area contributed by atoms with Crippen LogP contribution >= 0.6 is 0 Å². The van der Waals surface area contributed by atoms with Gasteiger partial charge in [0, 0.05) is 19.8 Å². The highest BCUT2D eigenvalue weighted by atomic mass is 28.4. The highest BCUT2D eigenvalue weighted by molar-refractivity contribution is 6.74. The molecule has 0 aromatic carbocycles. The SMILES string of the molecule is CCO[SiH](CCCOCC(CO[Si](C)(C)C(C)(C)C)O[Si](C)(C)C(C)(C)C)OCC. The van der Waals surface area contributed by atoms with Gasteiger partial charge in [-0.15, -0.1) is 0 Å². The van der Waals surface area contributed by atoms with Crippen molar-refractivity contribution in [3.63, 3.8) is 0 Å². The van der Waals surface area contributed by atoms with Crippen molar-refractivity contribution in [1.29, 1.82) is 0 Å². The van der Waals surface area contributed by atoms with Crippen molar-refractivity contribution in [2.75, 3.05) is 33.0 Å². The van der Waals surface area contributed by atoms with Crippen LogP contribution in [0.1, 0.15) is 61.8 Å². The van der Waals surface area contributed by atoms with Gasteiger partial charge in [-0.05, 0) is 62.6 Å². The van der Waals surface area contributed by atoms with Crippen LogP contribution in [0, 0.1) is 0 Å². The number of hydrogen-bond donors (Lipinski definition) is 0. The summed E-state index contributed by atoms with van der Waals surface area (Å²) in [6.07, 6.45) is 0.944. The lowest BCUT2D eigenvalue weighted by Gasteiger charge is -2.41. The molecule has 0 aromatic rings. The lowest BCUT2D eigenvalue weighted by molar-refractivity contribution is 0.0156. The molecule has 0 aliphatic heterocycles. The molecule has 0 amide bonds. The molecule has 0 spiro atoms. The molecule has 1 unspecified atom stereocenters. The summed E-state index contributed by atoms with van der Waals surface area (Å²) in [7, 11) is -5.26. The van der Waals surface area contributed by atoms with Gasteiger partial charge in [0.2, 0.25) is 0 Å². The van der Waals surface area contributed by atoms with Gasteiger partial charge in [-0.25, -0.2) is 0 Å². The van der Waals surface area contributed by atoms with Crippen LogP contribution in [-0.4, -0.2) is 65.1 Å². The van der Waals surface area contributed by atoms with Gasteiger partial charge < -0.3 is 22.4 Å². The molecule has 0 N–H and O–H groups in total. The van der Waals surface area contributed by atoms with Crippen molar-refractivity contribution < 1.29 is 22.4 Å². The van der Waals surface area contributed by atoms with E-state index in [1.807, 2.05) is 13.8 Å². The Morgan fingerprint density at radius 1 is 0.767 bits per heavy atom. The molecule has 0 saturated carbocycles. The normalized spacial score (nSPS) is 15.1. The summed E-state index contributed by atoms with van der Waals surface area (Å²) in [5.74, 6) is 0. The molecular formula is C22H52O5Si3. The van der Waals surface area contributed by atoms with Crippen LogP contribution < -0.4 is 0 Å². The van der Waals surface area contributed by atoms with Gasteiger partial charge in [0.05, 0.1) is 19.3 Å². The van der Waals surface area contributed by atoms with E-state index in [4.69, 9.17) is 22.4 Å². The summed E-state index contributed by atoms with van der Waals surface area (Å²) in [4.78, 5) is 0. The third-order valence-corrected chi connectivity index (χ3v) is 17.8. The Hall–Kier alpha value is 0.451. The Bertz CT molecular complexity index is 453. The Morgan fingerprint density at radius 3 is 1.70 bits per heavy atom. The molecule has 8 heteroatoms. The van der Waals surface area contributed by atoms with Gasteiger partial charge >= 0.3 is 9.28 Å². The first-order valence-corrected chi connectivity index (χ1v) is 19.3. The topological polar surface area (TPSA) is 46.2 Å². The fraction of sp³-hybridized carbons (Fsp3) is 1.00. The zero-order valence-electron chi connectivity index (χ0n) is 22.1. The van der Waals surface area contributed by atoms with E-state index in [-0.39, 0.29) is 16.2 Å². The summed E-state index contributed by atoms with van der Waals surface area (Å²) < 4.78 is 30.7. The molecule has 0 aliphatic carbocycles. The Kier molecular flexibility index (Phi) is 13.4. The predicted octanol–water partition coefficient (Wildman–Crippen LogP) is 6.10. The summed E-state index contributed by atoms with van der Waals surface area (Å²) in [6.45, 7) is 30.2. The number of ether oxygens (including phenoxy) is 1. The molecular weight excluding hydrogens is 428 g/mol. The quantitative estimate of drug-likeness (QED) is 0.209. The molecule has 30 heavy (non-hydrogen) atoms. The Labute approximate surface area is 191 Å². The predicted molar refractivity (Wildman–Crippen MR) is 136 cm³/mol. The zero-order valence-corrected chi connectivity index (χ0v) is 25.3. The van der Waals surface area contributed by atoms with E-state index in [9.17, 15) is 0 Å². The van der Waals surface area contributed by atoms with Crippen LogP contribution in [0.25, 0.3) is 0 Å². The largest absolute Gasteiger partial charge is 0.414 e. The van der Waals surface area contributed by atoms with Gasteiger partial charge in [-0.2, -0.15) is 0 Å². The molecule has 0 heterocycles. The van der Waals surface area contributed by atoms with Crippen LogP contribution in [0.4, 0.5) is 0 Å². The average molecular weight is 481 g/mol. The second kappa shape index (κ2) is 13.2. The first kappa shape index (κ1) is 30.5. The first-order chi connectivity index (χ1) is 13.6. The second-order valence-corrected chi connectivity index (χ2v) is 22.8. The van der Waals surface area contributed by atoms with E-state index in [0.717, 1.165) is 25.7 Å². The van der Waals surface area contributed by atoms with Crippen molar-refractivity contribution in [2.24, 2.45) is 0 Å². The monoisotopic (exact) mass is 480 g/mol. The molecule has 182 valence electrons. The van der Waals surface area contributed by atoms with Crippen molar-refractivity contribution in [3.8, 4) is 0 Å². The number of hydrogen-bond acceptors (Lipinski definition) is 5. The summed E-state index contributed by atoms with van der Waals surface area (Å²) in [6, 6.07) is 0.982. The van der Waals surface area contributed by atoms with Crippen LogP contribution in [0.2, 0.25) is 42.3 Å². The van der Waals surface area contributed by atoms with Gasteiger partial charge in [0.15, 0.2) is 16.6 Å². The van der Waals surface area contributed by atoms with Crippen molar-refractivity contribution in [1.82, 2.24) is 0 Å². The molecule has 0 bridgehead atoms. The smallest absolute Gasteiger partial charge is 0.321 e. The molecule has 0 saturated heterocycles. The fourth-order valence-corrected chi connectivity index (χ4v) is 6.41. The molecule has 0 fully saturated rings. The second-order valence-electron chi connectivity index (χ2n) is 11.1. The average Bonchev–Trinajstić information content (AvgIpc) is 2.57. The minimum atomic E-state index is -1.90. The minimum Gasteiger partial charge on any atom is -0.414 e. The summed E-state index contributed by atoms with van der Waals surface area (Å²) in [5, 5.41) is 0.351. The van der Waals surface area contributed by atoms with E-state index in [1.165, 1.54) is 0 Å². The summed E-state index contributed by atoms with van der Waals surface area (Å²) in [5.41, 5.74) is 0. The van der Waals surface area contributed by atoms with Gasteiger partial charge in [0.1, 0.15) is 0 Å². The molecule has 0 rings (SSSR count). The van der Waals surface area contributed by atoms with Gasteiger partial charge in [-0.3, -0.25) is 0 Å². The van der Waals surface area contributed by atoms with Crippen molar-refractivity contribution in [3.05, 3.63) is 0 Å². The van der Waals surface area contributed by atoms with Crippen LogP contribution in [0.15, 0.2) is 0 Å². The molecule has 0 aliphatic rings. The van der Waals surface area contributed by atoms with E-state index in [1.54, 1.807) is 0 Å². The number of rotatable bonds is 15. The van der Waals surface area contributed by atoms with Crippen LogP contribution in [-0.2, 0) is 22.4 Å². The maximum atomic E-state index is 6.69. The highest BCUT2D eigenvalue weighted by Gasteiger charge is 2.41. The summed E-state index contributed by atoms with van der Waals surface area (Å²) >= 11 is 0. The Morgan fingerprint density at radius 2 is 1.27 bits per heavy atom. The molecule has 5 nitrogen and oxygen atoms in total. The van der Waals surface area contributed by atoms with E-state index in [0.29, 0.717) is 19.8 Å². The zero-order chi connectivity index (χ0) is 23.6. The standard InChI is InChI=1S/C22H52O5Si3/c1-13-24-28(25-14-2)17-15-16-23-18-20(27-30(11,12)22(6,7)8)19-26-29(9,10)21(3,4)5/h20,28H,13-19H2,1-12H3. The van der Waals surface area contributed by atoms with E-state index >= 15 is 0 Å². The minimum absolute atomic E-state index is 0.0214. The van der Waals surface area contributed by atoms with Crippen molar-refractivity contribution in [2.45, 2.75) is 110 Å². The van der Waals surface area contributed by atoms with Gasteiger partial charge in [-0.1, -0.05) is 41.5 Å². The van der Waals surface area contributed by atoms with Gasteiger partial charge in [0.25, 0.3) is 0 Å². The molecule has 0 aromatic heterocycles. The first-order valence-electron chi connectivity index (χ1n) is 11.7. The van der Waals surface area contributed by atoms with E-state index in [2.05, 4.69) is 67.7 Å². The van der Waals surface area contributed by atoms with E-state index < -0.39 is 25.9 Å². The third-order valence-electron chi connectivity index (χ3n) is 6.44. The molecule has 0 radical (unpaired) electrons. The maximum absolute atomic E-state index is 6.69. The lowest BCUT2D eigenvalue weighted by Crippen LogP contribution is -2.49. The Balaban J connectivity index is 4.82. The third kappa shape index (κ3) is 11.4. The van der Waals surface area contributed by atoms with Crippen LogP contribution in [0.3, 0.4) is 0 Å². The van der Waals surface area contributed by atoms with Crippen molar-refractivity contribution >= 4 is 25.9 Å². The van der Waals surface area contributed by atoms with Crippen LogP contribution in [0.5, 0.6) is 0 Å². The highest BCUT2D eigenvalue weighted by Crippen LogP contribution is 2.39. The maximum Gasteiger partial charge on any atom is 0.321 e.